The molecule has 1 N–H and O–H groups in total. The van der Waals surface area contributed by atoms with Crippen LogP contribution in [0.2, 0.25) is 0 Å². The summed E-state index contributed by atoms with van der Waals surface area (Å²) in [5.74, 6) is -0.134. The Hall–Kier alpha value is -1.52. The predicted molar refractivity (Wildman–Crippen MR) is 84.2 cm³/mol. The van der Waals surface area contributed by atoms with Gasteiger partial charge in [-0.05, 0) is 45.6 Å². The number of benzene rings is 2. The predicted octanol–water partition coefficient (Wildman–Crippen LogP) is 4.69. The number of carbonyl (C=O) groups is 1. The summed E-state index contributed by atoms with van der Waals surface area (Å²) in [5.41, 5.74) is 0.794. The summed E-state index contributed by atoms with van der Waals surface area (Å²) in [7, 11) is 0. The third kappa shape index (κ3) is 4.58. The topological polar surface area (TPSA) is 29.1 Å². The standard InChI is InChI=1S/C15H12BrNOS/c16-13-8-4-5-9-14(13)19-11-10-15(18)17-12-6-2-1-3-7-12/h1-11H,(H,17,18). The number of anilines is 1. The van der Waals surface area contributed by atoms with Crippen LogP contribution < -0.4 is 5.32 Å². The maximum atomic E-state index is 11.7. The van der Waals surface area contributed by atoms with Gasteiger partial charge in [-0.25, -0.2) is 0 Å². The second kappa shape index (κ2) is 7.16. The van der Waals surface area contributed by atoms with Gasteiger partial charge < -0.3 is 5.32 Å². The Kier molecular flexibility index (Phi) is 5.24. The minimum absolute atomic E-state index is 0.134. The van der Waals surface area contributed by atoms with Crippen molar-refractivity contribution in [2.75, 3.05) is 5.32 Å². The largest absolute Gasteiger partial charge is 0.322 e. The van der Waals surface area contributed by atoms with Gasteiger partial charge in [0.2, 0.25) is 5.91 Å². The van der Waals surface area contributed by atoms with Crippen LogP contribution >= 0.6 is 27.7 Å². The number of nitrogens with one attached hydrogen (secondary N) is 1. The number of thioether (sulfide) groups is 1. The summed E-state index contributed by atoms with van der Waals surface area (Å²) in [6, 6.07) is 17.3. The molecule has 2 aromatic rings. The Bertz CT molecular complexity index is 584. The molecule has 0 saturated heterocycles. The summed E-state index contributed by atoms with van der Waals surface area (Å²) in [5, 5.41) is 4.57. The molecular weight excluding hydrogens is 322 g/mol. The minimum atomic E-state index is -0.134. The minimum Gasteiger partial charge on any atom is -0.322 e. The summed E-state index contributed by atoms with van der Waals surface area (Å²) in [4.78, 5) is 12.7. The van der Waals surface area contributed by atoms with Crippen LogP contribution in [-0.2, 0) is 4.79 Å². The van der Waals surface area contributed by atoms with E-state index in [4.69, 9.17) is 0 Å². The van der Waals surface area contributed by atoms with E-state index in [1.807, 2.05) is 54.6 Å². The van der Waals surface area contributed by atoms with Crippen LogP contribution in [0.15, 0.2) is 75.4 Å². The summed E-state index contributed by atoms with van der Waals surface area (Å²) in [6.45, 7) is 0. The first kappa shape index (κ1) is 13.9. The van der Waals surface area contributed by atoms with E-state index in [1.54, 1.807) is 5.41 Å². The fourth-order valence-electron chi connectivity index (χ4n) is 1.41. The Morgan fingerprint density at radius 2 is 1.74 bits per heavy atom. The lowest BCUT2D eigenvalue weighted by atomic mass is 10.3. The maximum absolute atomic E-state index is 11.7. The molecule has 2 aromatic carbocycles. The molecule has 4 heteroatoms. The van der Waals surface area contributed by atoms with Crippen molar-refractivity contribution in [2.24, 2.45) is 0 Å². The molecule has 0 bridgehead atoms. The highest BCUT2D eigenvalue weighted by Crippen LogP contribution is 2.27. The molecule has 0 spiro atoms. The molecule has 0 aliphatic carbocycles. The Morgan fingerprint density at radius 1 is 1.05 bits per heavy atom. The van der Waals surface area contributed by atoms with E-state index >= 15 is 0 Å². The van der Waals surface area contributed by atoms with Gasteiger partial charge in [0, 0.05) is 21.1 Å². The lowest BCUT2D eigenvalue weighted by Crippen LogP contribution is -2.07. The molecule has 0 aliphatic rings. The molecule has 0 atom stereocenters. The van der Waals surface area contributed by atoms with E-state index < -0.39 is 0 Å². The van der Waals surface area contributed by atoms with Crippen molar-refractivity contribution in [3.63, 3.8) is 0 Å². The van der Waals surface area contributed by atoms with Crippen molar-refractivity contribution >= 4 is 39.3 Å². The summed E-state index contributed by atoms with van der Waals surface area (Å²) in [6.07, 6.45) is 1.52. The van der Waals surface area contributed by atoms with Crippen molar-refractivity contribution in [1.29, 1.82) is 0 Å². The van der Waals surface area contributed by atoms with Crippen LogP contribution in [0.3, 0.4) is 0 Å². The molecule has 96 valence electrons. The molecule has 2 nitrogen and oxygen atoms in total. The summed E-state index contributed by atoms with van der Waals surface area (Å²) >= 11 is 4.96. The van der Waals surface area contributed by atoms with Gasteiger partial charge >= 0.3 is 0 Å². The second-order valence-electron chi connectivity index (χ2n) is 3.71. The molecular formula is C15H12BrNOS. The number of para-hydroxylation sites is 1. The smallest absolute Gasteiger partial charge is 0.248 e. The van der Waals surface area contributed by atoms with Crippen LogP contribution in [0.4, 0.5) is 5.69 Å². The van der Waals surface area contributed by atoms with Gasteiger partial charge in [-0.1, -0.05) is 42.1 Å². The molecule has 2 rings (SSSR count). The van der Waals surface area contributed by atoms with Gasteiger partial charge in [-0.2, -0.15) is 0 Å². The van der Waals surface area contributed by atoms with Gasteiger partial charge in [0.25, 0.3) is 0 Å². The Morgan fingerprint density at radius 3 is 2.47 bits per heavy atom. The van der Waals surface area contributed by atoms with Crippen LogP contribution in [0, 0.1) is 0 Å². The third-order valence-electron chi connectivity index (χ3n) is 2.29. The number of carbonyl (C=O) groups excluding carboxylic acids is 1. The van der Waals surface area contributed by atoms with Crippen molar-refractivity contribution < 1.29 is 4.79 Å². The number of halogens is 1. The number of hydrogen-bond donors (Lipinski definition) is 1. The van der Waals surface area contributed by atoms with E-state index in [1.165, 1.54) is 17.8 Å². The van der Waals surface area contributed by atoms with Crippen LogP contribution in [-0.4, -0.2) is 5.91 Å². The van der Waals surface area contributed by atoms with Gasteiger partial charge in [0.05, 0.1) is 0 Å². The van der Waals surface area contributed by atoms with E-state index in [0.717, 1.165) is 15.1 Å². The van der Waals surface area contributed by atoms with Crippen LogP contribution in [0.25, 0.3) is 0 Å². The molecule has 0 aliphatic heterocycles. The fourth-order valence-corrected chi connectivity index (χ4v) is 2.66. The molecule has 0 saturated carbocycles. The lowest BCUT2D eigenvalue weighted by molar-refractivity contribution is -0.111. The van der Waals surface area contributed by atoms with Crippen LogP contribution in [0.1, 0.15) is 0 Å². The van der Waals surface area contributed by atoms with E-state index in [9.17, 15) is 4.79 Å². The Balaban J connectivity index is 1.89. The zero-order valence-electron chi connectivity index (χ0n) is 10.0. The first-order chi connectivity index (χ1) is 9.25. The molecule has 19 heavy (non-hydrogen) atoms. The van der Waals surface area contributed by atoms with Crippen molar-refractivity contribution in [1.82, 2.24) is 0 Å². The highest BCUT2D eigenvalue weighted by Gasteiger charge is 1.98. The first-order valence-corrected chi connectivity index (χ1v) is 7.37. The molecule has 0 heterocycles. The monoisotopic (exact) mass is 333 g/mol. The van der Waals surface area contributed by atoms with Gasteiger partial charge in [0.15, 0.2) is 0 Å². The highest BCUT2D eigenvalue weighted by molar-refractivity contribution is 9.10. The number of amides is 1. The van der Waals surface area contributed by atoms with Gasteiger partial charge in [0.1, 0.15) is 0 Å². The SMILES string of the molecule is O=C(C=CSc1ccccc1Br)Nc1ccccc1. The number of rotatable bonds is 4. The zero-order chi connectivity index (χ0) is 13.5. The van der Waals surface area contributed by atoms with Crippen molar-refractivity contribution in [3.8, 4) is 0 Å². The zero-order valence-corrected chi connectivity index (χ0v) is 12.4. The lowest BCUT2D eigenvalue weighted by Gasteiger charge is -2.01. The van der Waals surface area contributed by atoms with E-state index in [2.05, 4.69) is 21.2 Å². The molecule has 0 unspecified atom stereocenters. The van der Waals surface area contributed by atoms with Gasteiger partial charge in [-0.3, -0.25) is 4.79 Å². The first-order valence-electron chi connectivity index (χ1n) is 5.69. The normalized spacial score (nSPS) is 10.6. The Labute approximate surface area is 125 Å². The molecule has 0 radical (unpaired) electrons. The van der Waals surface area contributed by atoms with Gasteiger partial charge in [-0.15, -0.1) is 0 Å². The number of hydrogen-bond acceptors (Lipinski definition) is 2. The second-order valence-corrected chi connectivity index (χ2v) is 5.51. The van der Waals surface area contributed by atoms with Crippen LogP contribution in [0.5, 0.6) is 0 Å². The fraction of sp³-hybridized carbons (Fsp3) is 0. The quantitative estimate of drug-likeness (QED) is 0.649. The average molecular weight is 334 g/mol. The molecule has 0 aromatic heterocycles. The maximum Gasteiger partial charge on any atom is 0.248 e. The molecule has 0 fully saturated rings. The average Bonchev–Trinajstić information content (AvgIpc) is 2.42. The van der Waals surface area contributed by atoms with E-state index in [0.29, 0.717) is 0 Å². The van der Waals surface area contributed by atoms with Crippen molar-refractivity contribution in [3.05, 3.63) is 70.6 Å². The third-order valence-corrected chi connectivity index (χ3v) is 4.13. The molecule has 1 amide bonds. The van der Waals surface area contributed by atoms with Crippen molar-refractivity contribution in [2.45, 2.75) is 4.90 Å². The van der Waals surface area contributed by atoms with E-state index in [-0.39, 0.29) is 5.91 Å². The highest BCUT2D eigenvalue weighted by atomic mass is 79.9. The summed E-state index contributed by atoms with van der Waals surface area (Å²) < 4.78 is 1.02.